The fourth-order valence-electron chi connectivity index (χ4n) is 1.22. The Balaban J connectivity index is 2.56. The summed E-state index contributed by atoms with van der Waals surface area (Å²) in [4.78, 5) is 21.9. The van der Waals surface area contributed by atoms with Crippen molar-refractivity contribution in [2.75, 3.05) is 6.54 Å². The predicted molar refractivity (Wildman–Crippen MR) is 62.0 cm³/mol. The molecule has 1 amide bonds. The third kappa shape index (κ3) is 3.68. The first-order chi connectivity index (χ1) is 8.43. The van der Waals surface area contributed by atoms with E-state index in [0.717, 1.165) is 6.07 Å². The first kappa shape index (κ1) is 14.4. The zero-order valence-electron chi connectivity index (χ0n) is 9.19. The van der Waals surface area contributed by atoms with Crippen molar-refractivity contribution in [3.05, 3.63) is 34.6 Å². The Hall–Kier alpha value is -1.66. The first-order valence-corrected chi connectivity index (χ1v) is 5.44. The summed E-state index contributed by atoms with van der Waals surface area (Å²) in [6.07, 6.45) is -1.69. The lowest BCUT2D eigenvalue weighted by Crippen LogP contribution is -2.30. The van der Waals surface area contributed by atoms with Crippen LogP contribution in [-0.2, 0) is 4.79 Å². The van der Waals surface area contributed by atoms with E-state index in [1.807, 2.05) is 0 Å². The van der Waals surface area contributed by atoms with Gasteiger partial charge in [-0.1, -0.05) is 17.7 Å². The molecule has 7 heteroatoms. The SMILES string of the molecule is O=C(NCCC(O)C(=O)O)c1cccc(F)c1Cl. The van der Waals surface area contributed by atoms with Gasteiger partial charge in [0, 0.05) is 13.0 Å². The molecule has 98 valence electrons. The molecule has 1 atom stereocenters. The number of amides is 1. The number of aliphatic hydroxyl groups is 1. The molecule has 0 radical (unpaired) electrons. The average Bonchev–Trinajstić information content (AvgIpc) is 2.32. The van der Waals surface area contributed by atoms with Crippen molar-refractivity contribution in [3.63, 3.8) is 0 Å². The quantitative estimate of drug-likeness (QED) is 0.749. The summed E-state index contributed by atoms with van der Waals surface area (Å²) in [5, 5.41) is 19.4. The highest BCUT2D eigenvalue weighted by Crippen LogP contribution is 2.19. The monoisotopic (exact) mass is 275 g/mol. The Bertz CT molecular complexity index is 466. The predicted octanol–water partition coefficient (Wildman–Crippen LogP) is 1.04. The van der Waals surface area contributed by atoms with Crippen LogP contribution in [0.25, 0.3) is 0 Å². The number of aliphatic hydroxyl groups excluding tert-OH is 1. The average molecular weight is 276 g/mol. The Kier molecular flexibility index (Phi) is 5.06. The van der Waals surface area contributed by atoms with Gasteiger partial charge >= 0.3 is 5.97 Å². The van der Waals surface area contributed by atoms with E-state index in [9.17, 15) is 14.0 Å². The normalized spacial score (nSPS) is 11.9. The number of hydrogen-bond acceptors (Lipinski definition) is 3. The van der Waals surface area contributed by atoms with Gasteiger partial charge in [0.15, 0.2) is 6.10 Å². The lowest BCUT2D eigenvalue weighted by atomic mass is 10.2. The van der Waals surface area contributed by atoms with Gasteiger partial charge in [-0.25, -0.2) is 9.18 Å². The summed E-state index contributed by atoms with van der Waals surface area (Å²) >= 11 is 5.60. The van der Waals surface area contributed by atoms with Crippen LogP contribution >= 0.6 is 11.6 Å². The van der Waals surface area contributed by atoms with Gasteiger partial charge < -0.3 is 15.5 Å². The van der Waals surface area contributed by atoms with Crippen LogP contribution in [0.1, 0.15) is 16.8 Å². The number of carbonyl (C=O) groups excluding carboxylic acids is 1. The molecule has 0 spiro atoms. The van der Waals surface area contributed by atoms with Crippen molar-refractivity contribution < 1.29 is 24.2 Å². The number of carboxylic acid groups (broad SMARTS) is 1. The van der Waals surface area contributed by atoms with Crippen molar-refractivity contribution in [1.82, 2.24) is 5.32 Å². The maximum absolute atomic E-state index is 13.1. The highest BCUT2D eigenvalue weighted by atomic mass is 35.5. The molecule has 0 fully saturated rings. The third-order valence-corrected chi connectivity index (χ3v) is 2.57. The zero-order chi connectivity index (χ0) is 13.7. The highest BCUT2D eigenvalue weighted by molar-refractivity contribution is 6.34. The van der Waals surface area contributed by atoms with Gasteiger partial charge in [0.25, 0.3) is 5.91 Å². The van der Waals surface area contributed by atoms with Crippen LogP contribution in [0.15, 0.2) is 18.2 Å². The summed E-state index contributed by atoms with van der Waals surface area (Å²) in [6.45, 7) is -0.0564. The minimum atomic E-state index is -1.55. The number of halogens is 2. The van der Waals surface area contributed by atoms with Crippen LogP contribution in [0.5, 0.6) is 0 Å². The number of nitrogens with one attached hydrogen (secondary N) is 1. The Morgan fingerprint density at radius 3 is 2.72 bits per heavy atom. The molecule has 0 aromatic heterocycles. The second-order valence-electron chi connectivity index (χ2n) is 3.50. The summed E-state index contributed by atoms with van der Waals surface area (Å²) in [6, 6.07) is 3.80. The number of carboxylic acids is 1. The Morgan fingerprint density at radius 1 is 1.44 bits per heavy atom. The van der Waals surface area contributed by atoms with Gasteiger partial charge in [-0.15, -0.1) is 0 Å². The van der Waals surface area contributed by atoms with Crippen LogP contribution in [0.2, 0.25) is 5.02 Å². The third-order valence-electron chi connectivity index (χ3n) is 2.18. The van der Waals surface area contributed by atoms with Crippen LogP contribution in [0.3, 0.4) is 0 Å². The minimum absolute atomic E-state index is 0.0403. The lowest BCUT2D eigenvalue weighted by molar-refractivity contribution is -0.146. The molecule has 0 bridgehead atoms. The first-order valence-electron chi connectivity index (χ1n) is 5.06. The molecule has 0 aliphatic heterocycles. The van der Waals surface area contributed by atoms with E-state index < -0.39 is 23.8 Å². The lowest BCUT2D eigenvalue weighted by Gasteiger charge is -2.08. The van der Waals surface area contributed by atoms with Crippen molar-refractivity contribution in [2.45, 2.75) is 12.5 Å². The topological polar surface area (TPSA) is 86.6 Å². The van der Waals surface area contributed by atoms with Gasteiger partial charge in [-0.2, -0.15) is 0 Å². The molecule has 5 nitrogen and oxygen atoms in total. The van der Waals surface area contributed by atoms with E-state index >= 15 is 0 Å². The maximum Gasteiger partial charge on any atom is 0.332 e. The maximum atomic E-state index is 13.1. The summed E-state index contributed by atoms with van der Waals surface area (Å²) in [5.41, 5.74) is -0.0403. The molecule has 0 aliphatic rings. The molecule has 3 N–H and O–H groups in total. The molecule has 1 rings (SSSR count). The van der Waals surface area contributed by atoms with E-state index in [1.165, 1.54) is 12.1 Å². The van der Waals surface area contributed by atoms with E-state index in [2.05, 4.69) is 5.32 Å². The van der Waals surface area contributed by atoms with Crippen LogP contribution in [0.4, 0.5) is 4.39 Å². The van der Waals surface area contributed by atoms with E-state index in [0.29, 0.717) is 0 Å². The van der Waals surface area contributed by atoms with Crippen LogP contribution < -0.4 is 5.32 Å². The molecule has 0 saturated carbocycles. The standard InChI is InChI=1S/C11H11ClFNO4/c12-9-6(2-1-3-7(9)13)10(16)14-5-4-8(15)11(17)18/h1-3,8,15H,4-5H2,(H,14,16)(H,17,18). The van der Waals surface area contributed by atoms with Gasteiger partial charge in [0.1, 0.15) is 5.82 Å². The molecule has 0 aliphatic carbocycles. The highest BCUT2D eigenvalue weighted by Gasteiger charge is 2.15. The van der Waals surface area contributed by atoms with Crippen molar-refractivity contribution in [3.8, 4) is 0 Å². The van der Waals surface area contributed by atoms with Gasteiger partial charge in [-0.3, -0.25) is 4.79 Å². The Morgan fingerprint density at radius 2 is 2.11 bits per heavy atom. The molecule has 18 heavy (non-hydrogen) atoms. The number of aliphatic carboxylic acids is 1. The fourth-order valence-corrected chi connectivity index (χ4v) is 1.43. The number of benzene rings is 1. The van der Waals surface area contributed by atoms with Gasteiger partial charge in [0.05, 0.1) is 10.6 Å². The van der Waals surface area contributed by atoms with Crippen molar-refractivity contribution in [1.29, 1.82) is 0 Å². The smallest absolute Gasteiger partial charge is 0.332 e. The second kappa shape index (κ2) is 6.32. The molecule has 1 aromatic rings. The summed E-state index contributed by atoms with van der Waals surface area (Å²) in [5.74, 6) is -2.71. The van der Waals surface area contributed by atoms with Gasteiger partial charge in [-0.05, 0) is 12.1 Å². The Labute approximate surface area is 107 Å². The molecule has 1 aromatic carbocycles. The van der Waals surface area contributed by atoms with E-state index in [1.54, 1.807) is 0 Å². The number of rotatable bonds is 5. The fraction of sp³-hybridized carbons (Fsp3) is 0.273. The largest absolute Gasteiger partial charge is 0.479 e. The molecule has 0 saturated heterocycles. The zero-order valence-corrected chi connectivity index (χ0v) is 9.95. The summed E-state index contributed by atoms with van der Waals surface area (Å²) in [7, 11) is 0. The van der Waals surface area contributed by atoms with Crippen LogP contribution in [0, 0.1) is 5.82 Å². The molecule has 0 heterocycles. The molecular formula is C11H11ClFNO4. The van der Waals surface area contributed by atoms with E-state index in [4.69, 9.17) is 21.8 Å². The molecular weight excluding hydrogens is 265 g/mol. The minimum Gasteiger partial charge on any atom is -0.479 e. The summed E-state index contributed by atoms with van der Waals surface area (Å²) < 4.78 is 13.1. The molecule has 1 unspecified atom stereocenters. The van der Waals surface area contributed by atoms with E-state index in [-0.39, 0.29) is 23.6 Å². The van der Waals surface area contributed by atoms with Gasteiger partial charge in [0.2, 0.25) is 0 Å². The second-order valence-corrected chi connectivity index (χ2v) is 3.88. The van der Waals surface area contributed by atoms with Crippen molar-refractivity contribution in [2.24, 2.45) is 0 Å². The van der Waals surface area contributed by atoms with Crippen molar-refractivity contribution >= 4 is 23.5 Å². The number of hydrogen-bond donors (Lipinski definition) is 3. The van der Waals surface area contributed by atoms with Crippen LogP contribution in [-0.4, -0.2) is 34.7 Å². The number of carbonyl (C=O) groups is 2.